The zero-order chi connectivity index (χ0) is 13.3. The lowest BCUT2D eigenvalue weighted by Crippen LogP contribution is -2.42. The number of unbranched alkanes of at least 4 members (excludes halogenated alkanes) is 3. The Morgan fingerprint density at radius 2 is 1.35 bits per heavy atom. The molecule has 0 amide bonds. The molecule has 0 unspecified atom stereocenters. The van der Waals surface area contributed by atoms with E-state index in [0.29, 0.717) is 0 Å². The summed E-state index contributed by atoms with van der Waals surface area (Å²) in [5, 5.41) is 0. The lowest BCUT2D eigenvalue weighted by atomic mass is 10.2. The molecule has 0 rings (SSSR count). The van der Waals surface area contributed by atoms with Gasteiger partial charge in [-0.2, -0.15) is 12.6 Å². The second-order valence-corrected chi connectivity index (χ2v) is 9.04. The van der Waals surface area contributed by atoms with Gasteiger partial charge in [0.1, 0.15) is 0 Å². The first-order valence-electron chi connectivity index (χ1n) is 6.86. The van der Waals surface area contributed by atoms with Crippen LogP contribution >= 0.6 is 12.6 Å². The number of rotatable bonds is 10. The van der Waals surface area contributed by atoms with Crippen molar-refractivity contribution in [3.8, 4) is 0 Å². The lowest BCUT2D eigenvalue weighted by Gasteiger charge is -2.31. The molecule has 0 bridgehead atoms. The third-order valence-corrected chi connectivity index (χ3v) is 6.03. The quantitative estimate of drug-likeness (QED) is 0.363. The van der Waals surface area contributed by atoms with Crippen LogP contribution in [-0.2, 0) is 8.85 Å². The molecule has 0 aromatic carbocycles. The molecule has 104 valence electrons. The molecule has 0 N–H and O–H groups in total. The smallest absolute Gasteiger partial charge is 0.335 e. The fourth-order valence-corrected chi connectivity index (χ4v) is 5.46. The molecule has 0 fully saturated rings. The third-order valence-electron chi connectivity index (χ3n) is 2.51. The largest absolute Gasteiger partial charge is 0.392 e. The number of hydrogen-bond acceptors (Lipinski definition) is 3. The summed E-state index contributed by atoms with van der Waals surface area (Å²) >= 11 is 4.23. The van der Waals surface area contributed by atoms with Crippen LogP contribution in [0.1, 0.15) is 53.4 Å². The predicted molar refractivity (Wildman–Crippen MR) is 81.2 cm³/mol. The molecule has 0 aliphatic heterocycles. The minimum atomic E-state index is -1.95. The van der Waals surface area contributed by atoms with Crippen LogP contribution in [0.5, 0.6) is 0 Å². The maximum Gasteiger partial charge on any atom is 0.335 e. The molecule has 0 aromatic rings. The molecule has 0 heterocycles. The van der Waals surface area contributed by atoms with Gasteiger partial charge in [0.05, 0.1) is 0 Å². The minimum absolute atomic E-state index is 0.267. The van der Waals surface area contributed by atoms with E-state index in [9.17, 15) is 0 Å². The average Bonchev–Trinajstić information content (AvgIpc) is 2.14. The maximum atomic E-state index is 6.06. The van der Waals surface area contributed by atoms with Crippen LogP contribution in [-0.4, -0.2) is 26.5 Å². The Balaban J connectivity index is 4.00. The van der Waals surface area contributed by atoms with Crippen LogP contribution < -0.4 is 0 Å². The highest BCUT2D eigenvalue weighted by atomic mass is 32.1. The van der Waals surface area contributed by atoms with Crippen molar-refractivity contribution in [2.45, 2.75) is 78.2 Å². The van der Waals surface area contributed by atoms with E-state index in [-0.39, 0.29) is 12.2 Å². The molecule has 0 atom stereocenters. The Kier molecular flexibility index (Phi) is 9.69. The molecule has 0 aliphatic carbocycles. The molecule has 17 heavy (non-hydrogen) atoms. The molecule has 0 saturated heterocycles. The highest BCUT2D eigenvalue weighted by Gasteiger charge is 2.33. The maximum absolute atomic E-state index is 6.06. The summed E-state index contributed by atoms with van der Waals surface area (Å²) in [5.41, 5.74) is 0. The highest BCUT2D eigenvalue weighted by Crippen LogP contribution is 2.21. The number of thiol groups is 1. The highest BCUT2D eigenvalue weighted by molar-refractivity contribution is 7.80. The Morgan fingerprint density at radius 3 is 1.76 bits per heavy atom. The van der Waals surface area contributed by atoms with Gasteiger partial charge >= 0.3 is 8.56 Å². The molecular weight excluding hydrogens is 248 g/mol. The average molecular weight is 279 g/mol. The van der Waals surface area contributed by atoms with Gasteiger partial charge in [0.2, 0.25) is 0 Å². The summed E-state index contributed by atoms with van der Waals surface area (Å²) in [6.07, 6.45) is 5.52. The van der Waals surface area contributed by atoms with E-state index in [4.69, 9.17) is 8.85 Å². The third kappa shape index (κ3) is 10.1. The number of hydrogen-bond donors (Lipinski definition) is 1. The fourth-order valence-electron chi connectivity index (χ4n) is 2.05. The Morgan fingerprint density at radius 1 is 0.882 bits per heavy atom. The van der Waals surface area contributed by atoms with Crippen molar-refractivity contribution in [3.63, 3.8) is 0 Å². The van der Waals surface area contributed by atoms with Crippen LogP contribution in [0.15, 0.2) is 0 Å². The Hall–Kier alpha value is 0.487. The zero-order valence-corrected chi connectivity index (χ0v) is 14.1. The first kappa shape index (κ1) is 17.5. The van der Waals surface area contributed by atoms with Gasteiger partial charge in [0.15, 0.2) is 0 Å². The van der Waals surface area contributed by atoms with E-state index in [0.717, 1.165) is 11.8 Å². The van der Waals surface area contributed by atoms with Gasteiger partial charge in [-0.15, -0.1) is 0 Å². The molecule has 0 radical (unpaired) electrons. The fraction of sp³-hybridized carbons (Fsp3) is 1.00. The van der Waals surface area contributed by atoms with E-state index < -0.39 is 8.56 Å². The van der Waals surface area contributed by atoms with Gasteiger partial charge in [0.25, 0.3) is 0 Å². The van der Waals surface area contributed by atoms with Crippen molar-refractivity contribution in [1.82, 2.24) is 0 Å². The first-order chi connectivity index (χ1) is 7.89. The van der Waals surface area contributed by atoms with Gasteiger partial charge in [-0.05, 0) is 52.5 Å². The van der Waals surface area contributed by atoms with Crippen molar-refractivity contribution in [1.29, 1.82) is 0 Å². The van der Waals surface area contributed by atoms with Crippen molar-refractivity contribution < 1.29 is 8.85 Å². The Bertz CT molecular complexity index is 176. The molecule has 0 saturated carbocycles. The van der Waals surface area contributed by atoms with E-state index in [2.05, 4.69) is 46.9 Å². The van der Waals surface area contributed by atoms with Crippen LogP contribution in [0, 0.1) is 0 Å². The molecule has 0 aromatic heterocycles. The predicted octanol–water partition coefficient (Wildman–Crippen LogP) is 4.40. The molecule has 0 aliphatic rings. The van der Waals surface area contributed by atoms with Gasteiger partial charge in [-0.3, -0.25) is 0 Å². The van der Waals surface area contributed by atoms with Crippen molar-refractivity contribution in [3.05, 3.63) is 0 Å². The monoisotopic (exact) mass is 278 g/mol. The van der Waals surface area contributed by atoms with Gasteiger partial charge in [0, 0.05) is 12.2 Å². The van der Waals surface area contributed by atoms with E-state index in [1.54, 1.807) is 0 Å². The second kappa shape index (κ2) is 9.42. The molecular formula is C13H30O2SSi. The van der Waals surface area contributed by atoms with Crippen LogP contribution in [0.25, 0.3) is 0 Å². The van der Waals surface area contributed by atoms with Crippen molar-refractivity contribution >= 4 is 21.2 Å². The lowest BCUT2D eigenvalue weighted by molar-refractivity contribution is 0.109. The summed E-state index contributed by atoms with van der Waals surface area (Å²) < 4.78 is 12.1. The van der Waals surface area contributed by atoms with Gasteiger partial charge in [-0.1, -0.05) is 19.3 Å². The molecule has 4 heteroatoms. The second-order valence-electron chi connectivity index (χ2n) is 5.35. The SMILES string of the molecule is CC(C)O[Si](C)(CCCCCCS)OC(C)C. The summed E-state index contributed by atoms with van der Waals surface area (Å²) in [6, 6.07) is 1.11. The van der Waals surface area contributed by atoms with Crippen LogP contribution in [0.3, 0.4) is 0 Å². The van der Waals surface area contributed by atoms with Gasteiger partial charge < -0.3 is 8.85 Å². The zero-order valence-electron chi connectivity index (χ0n) is 12.2. The van der Waals surface area contributed by atoms with Crippen LogP contribution in [0.4, 0.5) is 0 Å². The topological polar surface area (TPSA) is 18.5 Å². The summed E-state index contributed by atoms with van der Waals surface area (Å²) in [4.78, 5) is 0. The molecule has 2 nitrogen and oxygen atoms in total. The van der Waals surface area contributed by atoms with Crippen molar-refractivity contribution in [2.75, 3.05) is 5.75 Å². The van der Waals surface area contributed by atoms with E-state index in [1.807, 2.05) is 0 Å². The summed E-state index contributed by atoms with van der Waals surface area (Å²) in [6.45, 7) is 10.6. The summed E-state index contributed by atoms with van der Waals surface area (Å²) in [5.74, 6) is 1.000. The summed E-state index contributed by atoms with van der Waals surface area (Å²) in [7, 11) is -1.95. The van der Waals surface area contributed by atoms with Crippen molar-refractivity contribution in [2.24, 2.45) is 0 Å². The first-order valence-corrected chi connectivity index (χ1v) is 10.0. The Labute approximate surface area is 114 Å². The van der Waals surface area contributed by atoms with Crippen LogP contribution in [0.2, 0.25) is 12.6 Å². The standard InChI is InChI=1S/C13H30O2SSi/c1-12(2)14-17(5,15-13(3)4)11-9-7-6-8-10-16/h12-13,16H,6-11H2,1-5H3. The molecule has 0 spiro atoms. The normalized spacial score (nSPS) is 12.7. The van der Waals surface area contributed by atoms with E-state index >= 15 is 0 Å². The van der Waals surface area contributed by atoms with Gasteiger partial charge in [-0.25, -0.2) is 0 Å². The minimum Gasteiger partial charge on any atom is -0.392 e. The van der Waals surface area contributed by atoms with E-state index in [1.165, 1.54) is 25.7 Å².